The SMILES string of the molecule is COCC(=O)N[C@@H]1CCCC[C@@H](N2CCN(C(C)=O)CC2)[C@@H]1O. The molecule has 0 bridgehead atoms. The predicted molar refractivity (Wildman–Crippen MR) is 85.9 cm³/mol. The lowest BCUT2D eigenvalue weighted by molar-refractivity contribution is -0.132. The lowest BCUT2D eigenvalue weighted by Gasteiger charge is -2.41. The van der Waals surface area contributed by atoms with Crippen molar-refractivity contribution < 1.29 is 19.4 Å². The van der Waals surface area contributed by atoms with Gasteiger partial charge in [-0.1, -0.05) is 12.8 Å². The van der Waals surface area contributed by atoms with Crippen LogP contribution in [0, 0.1) is 0 Å². The number of carbonyl (C=O) groups excluding carboxylic acids is 2. The fourth-order valence-electron chi connectivity index (χ4n) is 3.63. The van der Waals surface area contributed by atoms with Crippen LogP contribution in [0.5, 0.6) is 0 Å². The Kier molecular flexibility index (Phi) is 6.80. The first kappa shape index (κ1) is 18.2. The van der Waals surface area contributed by atoms with Crippen LogP contribution < -0.4 is 5.32 Å². The van der Waals surface area contributed by atoms with Crippen LogP contribution in [0.2, 0.25) is 0 Å². The molecule has 1 saturated heterocycles. The zero-order chi connectivity index (χ0) is 16.8. The standard InChI is InChI=1S/C16H29N3O4/c1-12(20)18-7-9-19(10-8-18)14-6-4-3-5-13(16(14)22)17-15(21)11-23-2/h13-14,16,22H,3-11H2,1-2H3,(H,17,21)/t13-,14-,16-/m1/s1. The third-order valence-electron chi connectivity index (χ3n) is 4.92. The molecule has 1 saturated carbocycles. The quantitative estimate of drug-likeness (QED) is 0.686. The molecule has 2 amide bonds. The van der Waals surface area contributed by atoms with Gasteiger partial charge in [-0.3, -0.25) is 14.5 Å². The fourth-order valence-corrected chi connectivity index (χ4v) is 3.63. The molecule has 0 aromatic carbocycles. The zero-order valence-electron chi connectivity index (χ0n) is 14.2. The molecule has 23 heavy (non-hydrogen) atoms. The van der Waals surface area contributed by atoms with E-state index in [0.29, 0.717) is 13.1 Å². The molecule has 0 radical (unpaired) electrons. The Hall–Kier alpha value is -1.18. The molecule has 3 atom stereocenters. The van der Waals surface area contributed by atoms with E-state index in [4.69, 9.17) is 4.74 Å². The summed E-state index contributed by atoms with van der Waals surface area (Å²) in [4.78, 5) is 27.3. The van der Waals surface area contributed by atoms with Gasteiger partial charge in [0.1, 0.15) is 6.61 Å². The minimum atomic E-state index is -0.581. The minimum absolute atomic E-state index is 0.0190. The first-order valence-corrected chi connectivity index (χ1v) is 8.49. The molecule has 1 aliphatic heterocycles. The molecule has 7 heteroatoms. The molecule has 2 rings (SSSR count). The number of nitrogens with zero attached hydrogens (tertiary/aromatic N) is 2. The second-order valence-corrected chi connectivity index (χ2v) is 6.49. The molecule has 0 aromatic rings. The summed E-state index contributed by atoms with van der Waals surface area (Å²) in [5.74, 6) is -0.0747. The van der Waals surface area contributed by atoms with Crippen LogP contribution in [0.15, 0.2) is 0 Å². The van der Waals surface area contributed by atoms with Gasteiger partial charge in [0.05, 0.1) is 12.1 Å². The summed E-state index contributed by atoms with van der Waals surface area (Å²) in [5.41, 5.74) is 0. The van der Waals surface area contributed by atoms with Crippen molar-refractivity contribution in [2.75, 3.05) is 39.9 Å². The van der Waals surface area contributed by atoms with Crippen LogP contribution >= 0.6 is 0 Å². The van der Waals surface area contributed by atoms with Gasteiger partial charge in [0.2, 0.25) is 11.8 Å². The van der Waals surface area contributed by atoms with E-state index in [-0.39, 0.29) is 30.5 Å². The predicted octanol–water partition coefficient (Wildman–Crippen LogP) is -0.415. The average molecular weight is 327 g/mol. The van der Waals surface area contributed by atoms with E-state index < -0.39 is 6.10 Å². The summed E-state index contributed by atoms with van der Waals surface area (Å²) in [6, 6.07) is -0.185. The molecule has 2 aliphatic rings. The van der Waals surface area contributed by atoms with Gasteiger partial charge in [-0.05, 0) is 12.8 Å². The van der Waals surface area contributed by atoms with Crippen LogP contribution in [-0.2, 0) is 14.3 Å². The minimum Gasteiger partial charge on any atom is -0.389 e. The Morgan fingerprint density at radius 3 is 2.43 bits per heavy atom. The van der Waals surface area contributed by atoms with Crippen molar-refractivity contribution in [1.29, 1.82) is 0 Å². The average Bonchev–Trinajstić information content (AvgIpc) is 2.70. The van der Waals surface area contributed by atoms with E-state index in [9.17, 15) is 14.7 Å². The smallest absolute Gasteiger partial charge is 0.246 e. The molecule has 1 heterocycles. The molecule has 1 aliphatic carbocycles. The van der Waals surface area contributed by atoms with Crippen LogP contribution in [0.3, 0.4) is 0 Å². The molecule has 0 unspecified atom stereocenters. The molecular formula is C16H29N3O4. The van der Waals surface area contributed by atoms with Gasteiger partial charge in [0.25, 0.3) is 0 Å². The summed E-state index contributed by atoms with van der Waals surface area (Å²) in [5, 5.41) is 13.7. The Morgan fingerprint density at radius 1 is 1.17 bits per heavy atom. The van der Waals surface area contributed by atoms with Gasteiger partial charge in [0.15, 0.2) is 0 Å². The largest absolute Gasteiger partial charge is 0.389 e. The maximum absolute atomic E-state index is 11.8. The number of ether oxygens (including phenoxy) is 1. The summed E-state index contributed by atoms with van der Waals surface area (Å²) in [6.45, 7) is 4.58. The second kappa shape index (κ2) is 8.61. The molecule has 2 N–H and O–H groups in total. The van der Waals surface area contributed by atoms with Crippen LogP contribution in [0.25, 0.3) is 0 Å². The van der Waals surface area contributed by atoms with E-state index in [1.54, 1.807) is 6.92 Å². The first-order valence-electron chi connectivity index (χ1n) is 8.49. The van der Waals surface area contributed by atoms with Crippen molar-refractivity contribution in [3.63, 3.8) is 0 Å². The van der Waals surface area contributed by atoms with Gasteiger partial charge in [0, 0.05) is 46.3 Å². The summed E-state index contributed by atoms with van der Waals surface area (Å²) in [7, 11) is 1.49. The van der Waals surface area contributed by atoms with Gasteiger partial charge in [-0.25, -0.2) is 0 Å². The highest BCUT2D eigenvalue weighted by atomic mass is 16.5. The first-order chi connectivity index (χ1) is 11.0. The normalized spacial score (nSPS) is 29.9. The number of aliphatic hydroxyl groups excluding tert-OH is 1. The number of piperazine rings is 1. The number of nitrogens with one attached hydrogen (secondary N) is 1. The van der Waals surface area contributed by atoms with Crippen LogP contribution in [-0.4, -0.2) is 84.8 Å². The van der Waals surface area contributed by atoms with Gasteiger partial charge in [-0.15, -0.1) is 0 Å². The maximum Gasteiger partial charge on any atom is 0.246 e. The maximum atomic E-state index is 11.8. The van der Waals surface area contributed by atoms with Crippen molar-refractivity contribution >= 4 is 11.8 Å². The van der Waals surface area contributed by atoms with Gasteiger partial charge >= 0.3 is 0 Å². The highest BCUT2D eigenvalue weighted by molar-refractivity contribution is 5.77. The van der Waals surface area contributed by atoms with Crippen molar-refractivity contribution in [3.8, 4) is 0 Å². The fraction of sp³-hybridized carbons (Fsp3) is 0.875. The molecule has 0 aromatic heterocycles. The Bertz CT molecular complexity index is 410. The van der Waals surface area contributed by atoms with E-state index in [2.05, 4.69) is 10.2 Å². The Labute approximate surface area is 138 Å². The number of rotatable bonds is 4. The van der Waals surface area contributed by atoms with E-state index in [1.165, 1.54) is 7.11 Å². The van der Waals surface area contributed by atoms with E-state index in [0.717, 1.165) is 38.8 Å². The molecule has 7 nitrogen and oxygen atoms in total. The topological polar surface area (TPSA) is 82.1 Å². The van der Waals surface area contributed by atoms with E-state index in [1.807, 2.05) is 4.90 Å². The van der Waals surface area contributed by atoms with Crippen LogP contribution in [0.4, 0.5) is 0 Å². The van der Waals surface area contributed by atoms with E-state index >= 15 is 0 Å². The second-order valence-electron chi connectivity index (χ2n) is 6.49. The lowest BCUT2D eigenvalue weighted by Crippen LogP contribution is -2.58. The molecule has 0 spiro atoms. The third-order valence-corrected chi connectivity index (χ3v) is 4.92. The van der Waals surface area contributed by atoms with Crippen molar-refractivity contribution in [2.24, 2.45) is 0 Å². The molecule has 132 valence electrons. The van der Waals surface area contributed by atoms with Crippen molar-refractivity contribution in [3.05, 3.63) is 0 Å². The number of carbonyl (C=O) groups is 2. The van der Waals surface area contributed by atoms with Gasteiger partial charge < -0.3 is 20.1 Å². The summed E-state index contributed by atoms with van der Waals surface area (Å²) in [6.07, 6.45) is 3.19. The number of hydrogen-bond acceptors (Lipinski definition) is 5. The summed E-state index contributed by atoms with van der Waals surface area (Å²) >= 11 is 0. The Morgan fingerprint density at radius 2 is 1.83 bits per heavy atom. The molecule has 2 fully saturated rings. The van der Waals surface area contributed by atoms with Crippen LogP contribution in [0.1, 0.15) is 32.6 Å². The van der Waals surface area contributed by atoms with Crippen molar-refractivity contribution in [2.45, 2.75) is 50.8 Å². The Balaban J connectivity index is 1.95. The summed E-state index contributed by atoms with van der Waals surface area (Å²) < 4.78 is 4.85. The number of hydrogen-bond donors (Lipinski definition) is 2. The highest BCUT2D eigenvalue weighted by Gasteiger charge is 2.36. The van der Waals surface area contributed by atoms with Gasteiger partial charge in [-0.2, -0.15) is 0 Å². The van der Waals surface area contributed by atoms with Crippen molar-refractivity contribution in [1.82, 2.24) is 15.1 Å². The lowest BCUT2D eigenvalue weighted by atomic mass is 9.99. The zero-order valence-corrected chi connectivity index (χ0v) is 14.2. The molecular weight excluding hydrogens is 298 g/mol. The highest BCUT2D eigenvalue weighted by Crippen LogP contribution is 2.24. The number of aliphatic hydroxyl groups is 1. The number of methoxy groups -OCH3 is 1. The third kappa shape index (κ3) is 4.89. The monoisotopic (exact) mass is 327 g/mol. The number of amides is 2.